The Labute approximate surface area is 210 Å². The Hall–Kier alpha value is -3.72. The van der Waals surface area contributed by atoms with Crippen molar-refractivity contribution in [2.45, 2.75) is 32.7 Å². The van der Waals surface area contributed by atoms with Crippen molar-refractivity contribution in [3.05, 3.63) is 64.7 Å². The number of rotatable bonds is 6. The second-order valence-corrected chi connectivity index (χ2v) is 10.0. The summed E-state index contributed by atoms with van der Waals surface area (Å²) in [6.45, 7) is 7.03. The van der Waals surface area contributed by atoms with Gasteiger partial charge in [-0.2, -0.15) is 4.98 Å². The van der Waals surface area contributed by atoms with Crippen LogP contribution in [-0.4, -0.2) is 62.4 Å². The first kappa shape index (κ1) is 22.7. The number of nitrogens with zero attached hydrogens (tertiary/aromatic N) is 7. The molecule has 3 aromatic heterocycles. The zero-order valence-electron chi connectivity index (χ0n) is 20.9. The van der Waals surface area contributed by atoms with Crippen LogP contribution in [0.4, 0.5) is 17.3 Å². The lowest BCUT2D eigenvalue weighted by Gasteiger charge is -2.35. The lowest BCUT2D eigenvalue weighted by atomic mass is 9.85. The smallest absolute Gasteiger partial charge is 0.278 e. The molecule has 1 aliphatic heterocycles. The van der Waals surface area contributed by atoms with Crippen LogP contribution in [0, 0.1) is 12.8 Å². The SMILES string of the molecule is Cc1cc(Nc2ncc3c(=O)n(CC4CCC4)n(-c4ccccn4)c3n2)ccc1N1CCN(C)CC1. The molecule has 1 aliphatic carbocycles. The van der Waals surface area contributed by atoms with Crippen LogP contribution >= 0.6 is 0 Å². The number of piperazine rings is 1. The molecule has 9 heteroatoms. The molecule has 186 valence electrons. The largest absolute Gasteiger partial charge is 0.369 e. The topological polar surface area (TPSA) is 84.1 Å². The molecule has 9 nitrogen and oxygen atoms in total. The van der Waals surface area contributed by atoms with Gasteiger partial charge in [0.2, 0.25) is 5.95 Å². The molecule has 1 aromatic carbocycles. The highest BCUT2D eigenvalue weighted by Gasteiger charge is 2.24. The summed E-state index contributed by atoms with van der Waals surface area (Å²) in [4.78, 5) is 31.9. The molecule has 0 atom stereocenters. The first-order valence-corrected chi connectivity index (χ1v) is 12.8. The highest BCUT2D eigenvalue weighted by atomic mass is 16.1. The van der Waals surface area contributed by atoms with E-state index in [1.807, 2.05) is 22.9 Å². The molecule has 0 bridgehead atoms. The van der Waals surface area contributed by atoms with E-state index in [2.05, 4.69) is 57.3 Å². The number of fused-ring (bicyclic) bond motifs is 1. The van der Waals surface area contributed by atoms with E-state index in [4.69, 9.17) is 4.98 Å². The van der Waals surface area contributed by atoms with Crippen molar-refractivity contribution in [2.24, 2.45) is 5.92 Å². The van der Waals surface area contributed by atoms with Gasteiger partial charge in [-0.3, -0.25) is 4.79 Å². The molecular weight excluding hydrogens is 452 g/mol. The predicted octanol–water partition coefficient (Wildman–Crippen LogP) is 3.58. The lowest BCUT2D eigenvalue weighted by Crippen LogP contribution is -2.44. The number of aromatic nitrogens is 5. The van der Waals surface area contributed by atoms with E-state index in [0.29, 0.717) is 35.3 Å². The van der Waals surface area contributed by atoms with E-state index in [9.17, 15) is 4.79 Å². The summed E-state index contributed by atoms with van der Waals surface area (Å²) in [5.74, 6) is 1.66. The molecular formula is C27H32N8O. The van der Waals surface area contributed by atoms with Gasteiger partial charge in [0.05, 0.1) is 0 Å². The van der Waals surface area contributed by atoms with Crippen molar-refractivity contribution in [3.63, 3.8) is 0 Å². The molecule has 0 radical (unpaired) electrons. The summed E-state index contributed by atoms with van der Waals surface area (Å²) >= 11 is 0. The summed E-state index contributed by atoms with van der Waals surface area (Å²) in [7, 11) is 2.17. The van der Waals surface area contributed by atoms with Gasteiger partial charge in [0.1, 0.15) is 5.39 Å². The number of hydrogen-bond donors (Lipinski definition) is 1. The van der Waals surface area contributed by atoms with Crippen molar-refractivity contribution >= 4 is 28.4 Å². The van der Waals surface area contributed by atoms with Crippen LogP contribution in [0.3, 0.4) is 0 Å². The highest BCUT2D eigenvalue weighted by molar-refractivity contribution is 5.77. The Morgan fingerprint density at radius 1 is 1.06 bits per heavy atom. The third-order valence-electron chi connectivity index (χ3n) is 7.49. The van der Waals surface area contributed by atoms with Gasteiger partial charge < -0.3 is 15.1 Å². The van der Waals surface area contributed by atoms with Crippen LogP contribution in [0.15, 0.2) is 53.6 Å². The summed E-state index contributed by atoms with van der Waals surface area (Å²) in [5.41, 5.74) is 3.90. The predicted molar refractivity (Wildman–Crippen MR) is 142 cm³/mol. The standard InChI is InChI=1S/C27H32N8O/c1-19-16-21(9-10-23(19)33-14-12-32(2)13-15-33)30-27-29-17-22-25(31-27)35(24-8-3-4-11-28-24)34(26(22)36)18-20-6-5-7-20/h3-4,8-11,16-17,20H,5-7,12-15,18H2,1-2H3,(H,29,30,31). The van der Waals surface area contributed by atoms with E-state index in [1.54, 1.807) is 17.1 Å². The fourth-order valence-electron chi connectivity index (χ4n) is 5.15. The molecule has 1 saturated heterocycles. The number of hydrogen-bond acceptors (Lipinski definition) is 7. The lowest BCUT2D eigenvalue weighted by molar-refractivity contribution is 0.257. The van der Waals surface area contributed by atoms with Crippen molar-refractivity contribution in [1.82, 2.24) is 29.2 Å². The molecule has 0 amide bonds. The number of aryl methyl sites for hydroxylation is 1. The first-order chi connectivity index (χ1) is 17.6. The van der Waals surface area contributed by atoms with Gasteiger partial charge in [0, 0.05) is 56.5 Å². The quantitative estimate of drug-likeness (QED) is 0.448. The minimum Gasteiger partial charge on any atom is -0.369 e. The molecule has 0 spiro atoms. The van der Waals surface area contributed by atoms with E-state index in [-0.39, 0.29) is 5.56 Å². The third-order valence-corrected chi connectivity index (χ3v) is 7.49. The van der Waals surface area contributed by atoms with E-state index in [0.717, 1.165) is 44.7 Å². The van der Waals surface area contributed by atoms with Gasteiger partial charge in [-0.05, 0) is 68.6 Å². The van der Waals surface area contributed by atoms with Crippen LogP contribution in [0.1, 0.15) is 24.8 Å². The Bertz CT molecular complexity index is 1430. The van der Waals surface area contributed by atoms with E-state index in [1.165, 1.54) is 17.7 Å². The average Bonchev–Trinajstić information content (AvgIpc) is 3.13. The van der Waals surface area contributed by atoms with Gasteiger partial charge in [0.25, 0.3) is 5.56 Å². The minimum atomic E-state index is -0.0681. The first-order valence-electron chi connectivity index (χ1n) is 12.8. The normalized spacial score (nSPS) is 16.9. The van der Waals surface area contributed by atoms with Gasteiger partial charge in [-0.1, -0.05) is 12.5 Å². The molecule has 4 heterocycles. The van der Waals surface area contributed by atoms with Gasteiger partial charge in [0.15, 0.2) is 11.5 Å². The van der Waals surface area contributed by atoms with Crippen LogP contribution < -0.4 is 15.8 Å². The van der Waals surface area contributed by atoms with E-state index < -0.39 is 0 Å². The molecule has 0 unspecified atom stereocenters. The second kappa shape index (κ2) is 9.39. The molecule has 6 rings (SSSR count). The Morgan fingerprint density at radius 2 is 1.89 bits per heavy atom. The van der Waals surface area contributed by atoms with Crippen molar-refractivity contribution in [3.8, 4) is 5.82 Å². The number of pyridine rings is 1. The maximum absolute atomic E-state index is 13.3. The fraction of sp³-hybridized carbons (Fsp3) is 0.407. The van der Waals surface area contributed by atoms with Gasteiger partial charge in [-0.15, -0.1) is 0 Å². The molecule has 1 saturated carbocycles. The van der Waals surface area contributed by atoms with Crippen molar-refractivity contribution in [2.75, 3.05) is 43.4 Å². The number of anilines is 3. The summed E-state index contributed by atoms with van der Waals surface area (Å²) < 4.78 is 3.63. The van der Waals surface area contributed by atoms with Crippen LogP contribution in [-0.2, 0) is 6.54 Å². The zero-order chi connectivity index (χ0) is 24.6. The minimum absolute atomic E-state index is 0.0681. The Morgan fingerprint density at radius 3 is 2.58 bits per heavy atom. The molecule has 2 fully saturated rings. The monoisotopic (exact) mass is 484 g/mol. The average molecular weight is 485 g/mol. The Kier molecular flexibility index (Phi) is 5.92. The third kappa shape index (κ3) is 4.24. The zero-order valence-corrected chi connectivity index (χ0v) is 20.9. The highest BCUT2D eigenvalue weighted by Crippen LogP contribution is 2.29. The number of nitrogens with one attached hydrogen (secondary N) is 1. The van der Waals surface area contributed by atoms with Gasteiger partial charge in [-0.25, -0.2) is 19.3 Å². The number of likely N-dealkylation sites (N-methyl/N-ethyl adjacent to an activating group) is 1. The van der Waals surface area contributed by atoms with Gasteiger partial charge >= 0.3 is 0 Å². The fourth-order valence-corrected chi connectivity index (χ4v) is 5.15. The molecule has 36 heavy (non-hydrogen) atoms. The molecule has 1 N–H and O–H groups in total. The van der Waals surface area contributed by atoms with Crippen LogP contribution in [0.25, 0.3) is 16.9 Å². The summed E-state index contributed by atoms with van der Waals surface area (Å²) in [5, 5.41) is 3.86. The van der Waals surface area contributed by atoms with Crippen molar-refractivity contribution < 1.29 is 0 Å². The number of benzene rings is 1. The van der Waals surface area contributed by atoms with E-state index >= 15 is 0 Å². The maximum Gasteiger partial charge on any atom is 0.278 e. The van der Waals surface area contributed by atoms with Crippen LogP contribution in [0.2, 0.25) is 0 Å². The summed E-state index contributed by atoms with van der Waals surface area (Å²) in [6.07, 6.45) is 6.90. The second-order valence-electron chi connectivity index (χ2n) is 10.0. The molecule has 2 aliphatic rings. The maximum atomic E-state index is 13.3. The van der Waals surface area contributed by atoms with Crippen LogP contribution in [0.5, 0.6) is 0 Å². The summed E-state index contributed by atoms with van der Waals surface area (Å²) in [6, 6.07) is 12.1. The Balaban J connectivity index is 1.33. The van der Waals surface area contributed by atoms with Crippen molar-refractivity contribution in [1.29, 1.82) is 0 Å². The molecule has 4 aromatic rings.